The Hall–Kier alpha value is -2.88. The number of ether oxygens (including phenoxy) is 2. The number of hydrogen-bond donors (Lipinski definition) is 1. The van der Waals surface area contributed by atoms with E-state index in [0.29, 0.717) is 24.5 Å². The third kappa shape index (κ3) is 5.48. The molecule has 0 saturated carbocycles. The number of hydrogen-bond acceptors (Lipinski definition) is 6. The Balaban J connectivity index is 1.73. The van der Waals surface area contributed by atoms with Crippen LogP contribution in [0.2, 0.25) is 0 Å². The highest BCUT2D eigenvalue weighted by atomic mass is 32.2. The third-order valence-electron chi connectivity index (χ3n) is 4.71. The first kappa shape index (κ1) is 23.8. The van der Waals surface area contributed by atoms with Crippen LogP contribution in [0.4, 0.5) is 0 Å². The lowest BCUT2D eigenvalue weighted by atomic mass is 10.1. The Labute approximate surface area is 189 Å². The zero-order valence-electron chi connectivity index (χ0n) is 17.8. The Morgan fingerprint density at radius 3 is 2.16 bits per heavy atom. The fourth-order valence-corrected chi connectivity index (χ4v) is 5.58. The van der Waals surface area contributed by atoms with Crippen molar-refractivity contribution in [2.75, 3.05) is 20.3 Å². The van der Waals surface area contributed by atoms with E-state index in [2.05, 4.69) is 4.72 Å². The van der Waals surface area contributed by atoms with Gasteiger partial charge in [0.2, 0.25) is 19.9 Å². The van der Waals surface area contributed by atoms with Crippen molar-refractivity contribution in [3.8, 4) is 11.5 Å². The summed E-state index contributed by atoms with van der Waals surface area (Å²) < 4.78 is 64.4. The van der Waals surface area contributed by atoms with Crippen LogP contribution in [0.1, 0.15) is 12.5 Å². The number of sulfone groups is 1. The van der Waals surface area contributed by atoms with Crippen LogP contribution < -0.4 is 14.2 Å². The van der Waals surface area contributed by atoms with E-state index in [0.717, 1.165) is 5.56 Å². The molecule has 7 nitrogen and oxygen atoms in total. The molecule has 32 heavy (non-hydrogen) atoms. The van der Waals surface area contributed by atoms with E-state index in [9.17, 15) is 16.8 Å². The Morgan fingerprint density at radius 1 is 0.781 bits per heavy atom. The minimum absolute atomic E-state index is 0.0807. The molecule has 0 aliphatic carbocycles. The number of nitrogens with one attached hydrogen (secondary N) is 1. The molecule has 0 aliphatic rings. The van der Waals surface area contributed by atoms with Crippen molar-refractivity contribution in [1.29, 1.82) is 0 Å². The van der Waals surface area contributed by atoms with Crippen LogP contribution in [0.25, 0.3) is 0 Å². The summed E-state index contributed by atoms with van der Waals surface area (Å²) in [7, 11) is -6.18. The van der Waals surface area contributed by atoms with Crippen molar-refractivity contribution in [2.45, 2.75) is 28.0 Å². The van der Waals surface area contributed by atoms with Gasteiger partial charge in [0.25, 0.3) is 0 Å². The van der Waals surface area contributed by atoms with Gasteiger partial charge in [-0.25, -0.2) is 21.6 Å². The molecule has 0 aromatic heterocycles. The van der Waals surface area contributed by atoms with Gasteiger partial charge in [-0.3, -0.25) is 0 Å². The number of sulfonamides is 1. The second-order valence-corrected chi connectivity index (χ2v) is 10.6. The molecule has 0 aliphatic heterocycles. The van der Waals surface area contributed by atoms with Gasteiger partial charge < -0.3 is 9.47 Å². The number of methoxy groups -OCH3 is 1. The van der Waals surface area contributed by atoms with E-state index in [1.54, 1.807) is 37.4 Å². The summed E-state index contributed by atoms with van der Waals surface area (Å²) in [6, 6.07) is 18.6. The van der Waals surface area contributed by atoms with E-state index in [1.807, 2.05) is 13.0 Å². The van der Waals surface area contributed by atoms with Crippen molar-refractivity contribution >= 4 is 19.9 Å². The predicted molar refractivity (Wildman–Crippen MR) is 121 cm³/mol. The van der Waals surface area contributed by atoms with E-state index in [-0.39, 0.29) is 21.2 Å². The van der Waals surface area contributed by atoms with Crippen LogP contribution in [0.3, 0.4) is 0 Å². The normalized spacial score (nSPS) is 11.8. The van der Waals surface area contributed by atoms with Crippen LogP contribution in [0.15, 0.2) is 87.5 Å². The molecule has 0 atom stereocenters. The Bertz CT molecular complexity index is 1270. The van der Waals surface area contributed by atoms with E-state index in [4.69, 9.17) is 9.47 Å². The third-order valence-corrected chi connectivity index (χ3v) is 7.94. The standard InChI is InChI=1S/C23H25NO6S2/c1-3-30-22-13-12-18(16-23(22)29-2)14-15-24-32(27,28)21-11-7-10-20(17-21)31(25,26)19-8-5-4-6-9-19/h4-13,16-17,24H,3,14-15H2,1-2H3. The van der Waals surface area contributed by atoms with Gasteiger partial charge >= 0.3 is 0 Å². The minimum Gasteiger partial charge on any atom is -0.493 e. The average molecular weight is 476 g/mol. The molecule has 3 aromatic rings. The molecule has 0 spiro atoms. The van der Waals surface area contributed by atoms with E-state index in [1.165, 1.54) is 36.4 Å². The summed E-state index contributed by atoms with van der Waals surface area (Å²) >= 11 is 0. The molecule has 170 valence electrons. The molecule has 9 heteroatoms. The quantitative estimate of drug-likeness (QED) is 0.482. The summed E-state index contributed by atoms with van der Waals surface area (Å²) in [6.45, 7) is 2.52. The second-order valence-electron chi connectivity index (χ2n) is 6.86. The molecule has 0 amide bonds. The topological polar surface area (TPSA) is 98.8 Å². The molecule has 0 bridgehead atoms. The van der Waals surface area contributed by atoms with Gasteiger partial charge in [0.05, 0.1) is 28.4 Å². The van der Waals surface area contributed by atoms with Crippen molar-refractivity contribution in [2.24, 2.45) is 0 Å². The lowest BCUT2D eigenvalue weighted by molar-refractivity contribution is 0.310. The maximum atomic E-state index is 12.8. The maximum absolute atomic E-state index is 12.8. The molecule has 3 aromatic carbocycles. The molecule has 0 unspecified atom stereocenters. The second kappa shape index (κ2) is 10.2. The van der Waals surface area contributed by atoms with Gasteiger partial charge in [-0.05, 0) is 61.4 Å². The lowest BCUT2D eigenvalue weighted by Crippen LogP contribution is -2.26. The smallest absolute Gasteiger partial charge is 0.240 e. The van der Waals surface area contributed by atoms with Crippen LogP contribution >= 0.6 is 0 Å². The predicted octanol–water partition coefficient (Wildman–Crippen LogP) is 3.45. The molecule has 0 heterocycles. The highest BCUT2D eigenvalue weighted by Gasteiger charge is 2.21. The largest absolute Gasteiger partial charge is 0.493 e. The van der Waals surface area contributed by atoms with Gasteiger partial charge in [0, 0.05) is 6.54 Å². The van der Waals surface area contributed by atoms with Crippen LogP contribution in [-0.2, 0) is 26.3 Å². The molecular formula is C23H25NO6S2. The summed E-state index contributed by atoms with van der Waals surface area (Å²) in [5.74, 6) is 1.20. The first-order valence-corrected chi connectivity index (χ1v) is 12.9. The molecule has 3 rings (SSSR count). The monoisotopic (exact) mass is 475 g/mol. The Morgan fingerprint density at radius 2 is 1.47 bits per heavy atom. The Kier molecular flexibility index (Phi) is 7.55. The average Bonchev–Trinajstić information content (AvgIpc) is 2.80. The maximum Gasteiger partial charge on any atom is 0.240 e. The molecular weight excluding hydrogens is 450 g/mol. The lowest BCUT2D eigenvalue weighted by Gasteiger charge is -2.12. The summed E-state index contributed by atoms with van der Waals surface area (Å²) in [5, 5.41) is 0. The molecule has 0 fully saturated rings. The fourth-order valence-electron chi connectivity index (χ4n) is 3.10. The van der Waals surface area contributed by atoms with E-state index >= 15 is 0 Å². The zero-order valence-corrected chi connectivity index (χ0v) is 19.4. The zero-order chi connectivity index (χ0) is 23.2. The highest BCUT2D eigenvalue weighted by Crippen LogP contribution is 2.28. The highest BCUT2D eigenvalue weighted by molar-refractivity contribution is 7.91. The van der Waals surface area contributed by atoms with Crippen molar-refractivity contribution in [3.63, 3.8) is 0 Å². The molecule has 0 saturated heterocycles. The SMILES string of the molecule is CCOc1ccc(CCNS(=O)(=O)c2cccc(S(=O)(=O)c3ccccc3)c2)cc1OC. The summed E-state index contributed by atoms with van der Waals surface area (Å²) in [6.07, 6.45) is 0.421. The summed E-state index contributed by atoms with van der Waals surface area (Å²) in [5.41, 5.74) is 0.869. The van der Waals surface area contributed by atoms with Crippen molar-refractivity contribution < 1.29 is 26.3 Å². The first-order chi connectivity index (χ1) is 15.3. The van der Waals surface area contributed by atoms with Gasteiger partial charge in [-0.15, -0.1) is 0 Å². The van der Waals surface area contributed by atoms with Crippen LogP contribution in [-0.4, -0.2) is 37.1 Å². The summed E-state index contributed by atoms with van der Waals surface area (Å²) in [4.78, 5) is -0.0893. The first-order valence-electron chi connectivity index (χ1n) is 9.97. The number of benzene rings is 3. The van der Waals surface area contributed by atoms with Crippen molar-refractivity contribution in [1.82, 2.24) is 4.72 Å². The van der Waals surface area contributed by atoms with Crippen LogP contribution in [0, 0.1) is 0 Å². The van der Waals surface area contributed by atoms with Crippen LogP contribution in [0.5, 0.6) is 11.5 Å². The van der Waals surface area contributed by atoms with E-state index < -0.39 is 19.9 Å². The van der Waals surface area contributed by atoms with Gasteiger partial charge in [0.15, 0.2) is 11.5 Å². The number of rotatable bonds is 10. The molecule has 1 N–H and O–H groups in total. The van der Waals surface area contributed by atoms with Crippen molar-refractivity contribution in [3.05, 3.63) is 78.4 Å². The molecule has 0 radical (unpaired) electrons. The fraction of sp³-hybridized carbons (Fsp3) is 0.217. The van der Waals surface area contributed by atoms with Gasteiger partial charge in [0.1, 0.15) is 0 Å². The van der Waals surface area contributed by atoms with Gasteiger partial charge in [-0.2, -0.15) is 0 Å². The van der Waals surface area contributed by atoms with Gasteiger partial charge in [-0.1, -0.05) is 30.3 Å². The minimum atomic E-state index is -3.90.